The average Bonchev–Trinajstić information content (AvgIpc) is 2.28. The van der Waals surface area contributed by atoms with Crippen LogP contribution in [0.4, 0.5) is 4.39 Å². The second-order valence-corrected chi connectivity index (χ2v) is 4.52. The number of ketones is 1. The molecule has 0 amide bonds. The van der Waals surface area contributed by atoms with Crippen molar-refractivity contribution >= 4 is 5.78 Å². The van der Waals surface area contributed by atoms with Gasteiger partial charge in [-0.1, -0.05) is 20.8 Å². The summed E-state index contributed by atoms with van der Waals surface area (Å²) in [6.07, 6.45) is 1.08. The SMILES string of the molecule is CCCC(=O)c1cc(OCC(C)C)ccc1F. The molecule has 0 fully saturated rings. The van der Waals surface area contributed by atoms with E-state index >= 15 is 0 Å². The molecule has 0 aliphatic rings. The Hall–Kier alpha value is -1.38. The van der Waals surface area contributed by atoms with E-state index in [1.54, 1.807) is 6.07 Å². The van der Waals surface area contributed by atoms with Crippen LogP contribution in [0.3, 0.4) is 0 Å². The van der Waals surface area contributed by atoms with Gasteiger partial charge in [-0.2, -0.15) is 0 Å². The van der Waals surface area contributed by atoms with Crippen molar-refractivity contribution in [2.45, 2.75) is 33.6 Å². The summed E-state index contributed by atoms with van der Waals surface area (Å²) in [4.78, 5) is 11.7. The molecule has 0 saturated heterocycles. The van der Waals surface area contributed by atoms with Crippen LogP contribution >= 0.6 is 0 Å². The van der Waals surface area contributed by atoms with Crippen molar-refractivity contribution in [3.63, 3.8) is 0 Å². The molecular formula is C14H19FO2. The number of hydrogen-bond donors (Lipinski definition) is 0. The molecule has 0 heterocycles. The summed E-state index contributed by atoms with van der Waals surface area (Å²) in [6.45, 7) is 6.53. The number of Topliss-reactive ketones (excluding diaryl/α,β-unsaturated/α-hetero) is 1. The quantitative estimate of drug-likeness (QED) is 0.704. The summed E-state index contributed by atoms with van der Waals surface area (Å²) in [6, 6.07) is 4.34. The summed E-state index contributed by atoms with van der Waals surface area (Å²) < 4.78 is 18.9. The zero-order valence-electron chi connectivity index (χ0n) is 10.6. The average molecular weight is 238 g/mol. The molecule has 0 unspecified atom stereocenters. The van der Waals surface area contributed by atoms with Gasteiger partial charge in [0.2, 0.25) is 0 Å². The summed E-state index contributed by atoms with van der Waals surface area (Å²) in [5.41, 5.74) is 0.133. The number of carbonyl (C=O) groups excluding carboxylic acids is 1. The molecule has 0 atom stereocenters. The molecule has 2 nitrogen and oxygen atoms in total. The van der Waals surface area contributed by atoms with E-state index < -0.39 is 5.82 Å². The number of hydrogen-bond acceptors (Lipinski definition) is 2. The summed E-state index contributed by atoms with van der Waals surface area (Å²) >= 11 is 0. The summed E-state index contributed by atoms with van der Waals surface area (Å²) in [7, 11) is 0. The first-order valence-electron chi connectivity index (χ1n) is 6.00. The van der Waals surface area contributed by atoms with Crippen LogP contribution < -0.4 is 4.74 Å². The van der Waals surface area contributed by atoms with Crippen LogP contribution in [0.2, 0.25) is 0 Å². The Morgan fingerprint density at radius 3 is 2.71 bits per heavy atom. The normalized spacial score (nSPS) is 10.6. The van der Waals surface area contributed by atoms with Gasteiger partial charge in [0.25, 0.3) is 0 Å². The Balaban J connectivity index is 2.82. The van der Waals surface area contributed by atoms with Gasteiger partial charge in [0.15, 0.2) is 5.78 Å². The van der Waals surface area contributed by atoms with Gasteiger partial charge in [-0.25, -0.2) is 4.39 Å². The molecule has 1 rings (SSSR count). The van der Waals surface area contributed by atoms with Gasteiger partial charge >= 0.3 is 0 Å². The minimum absolute atomic E-state index is 0.133. The summed E-state index contributed by atoms with van der Waals surface area (Å²) in [5.74, 6) is 0.315. The molecule has 94 valence electrons. The van der Waals surface area contributed by atoms with E-state index in [0.717, 1.165) is 6.42 Å². The van der Waals surface area contributed by atoms with Crippen LogP contribution in [0, 0.1) is 11.7 Å². The molecule has 1 aromatic carbocycles. The topological polar surface area (TPSA) is 26.3 Å². The van der Waals surface area contributed by atoms with Crippen molar-refractivity contribution in [2.24, 2.45) is 5.92 Å². The van der Waals surface area contributed by atoms with E-state index in [2.05, 4.69) is 0 Å². The van der Waals surface area contributed by atoms with Gasteiger partial charge < -0.3 is 4.74 Å². The number of halogens is 1. The van der Waals surface area contributed by atoms with Crippen molar-refractivity contribution in [1.82, 2.24) is 0 Å². The third-order valence-electron chi connectivity index (χ3n) is 2.30. The van der Waals surface area contributed by atoms with Gasteiger partial charge in [-0.15, -0.1) is 0 Å². The largest absolute Gasteiger partial charge is 0.493 e. The summed E-state index contributed by atoms with van der Waals surface area (Å²) in [5, 5.41) is 0. The lowest BCUT2D eigenvalue weighted by Crippen LogP contribution is -2.07. The molecule has 0 aromatic heterocycles. The molecular weight excluding hydrogens is 219 g/mol. The lowest BCUT2D eigenvalue weighted by atomic mass is 10.1. The first-order chi connectivity index (χ1) is 8.04. The molecule has 0 aliphatic carbocycles. The zero-order valence-corrected chi connectivity index (χ0v) is 10.6. The number of ether oxygens (including phenoxy) is 1. The molecule has 0 aliphatic heterocycles. The minimum atomic E-state index is -0.472. The Labute approximate surface area is 102 Å². The zero-order chi connectivity index (χ0) is 12.8. The lowest BCUT2D eigenvalue weighted by molar-refractivity contribution is 0.0977. The molecule has 0 spiro atoms. The van der Waals surface area contributed by atoms with Gasteiger partial charge in [0, 0.05) is 6.42 Å². The van der Waals surface area contributed by atoms with E-state index in [-0.39, 0.29) is 11.3 Å². The van der Waals surface area contributed by atoms with Crippen molar-refractivity contribution < 1.29 is 13.9 Å². The first-order valence-corrected chi connectivity index (χ1v) is 6.00. The Morgan fingerprint density at radius 2 is 2.12 bits per heavy atom. The van der Waals surface area contributed by atoms with Crippen molar-refractivity contribution in [3.8, 4) is 5.75 Å². The first kappa shape index (κ1) is 13.7. The lowest BCUT2D eigenvalue weighted by Gasteiger charge is -2.10. The van der Waals surface area contributed by atoms with Crippen molar-refractivity contribution in [1.29, 1.82) is 0 Å². The molecule has 17 heavy (non-hydrogen) atoms. The van der Waals surface area contributed by atoms with E-state index in [9.17, 15) is 9.18 Å². The van der Waals surface area contributed by atoms with Gasteiger partial charge in [-0.05, 0) is 30.5 Å². The highest BCUT2D eigenvalue weighted by atomic mass is 19.1. The molecule has 0 saturated carbocycles. The van der Waals surface area contributed by atoms with Crippen molar-refractivity contribution in [3.05, 3.63) is 29.6 Å². The van der Waals surface area contributed by atoms with Gasteiger partial charge in [0.05, 0.1) is 12.2 Å². The van der Waals surface area contributed by atoms with Crippen molar-refractivity contribution in [2.75, 3.05) is 6.61 Å². The number of rotatable bonds is 6. The highest BCUT2D eigenvalue weighted by molar-refractivity contribution is 5.96. The van der Waals surface area contributed by atoms with E-state index in [1.807, 2.05) is 20.8 Å². The number of carbonyl (C=O) groups is 1. The fraction of sp³-hybridized carbons (Fsp3) is 0.500. The highest BCUT2D eigenvalue weighted by Crippen LogP contribution is 2.19. The smallest absolute Gasteiger partial charge is 0.165 e. The fourth-order valence-electron chi connectivity index (χ4n) is 1.43. The Bertz CT molecular complexity index is 386. The third kappa shape index (κ3) is 4.17. The van der Waals surface area contributed by atoms with E-state index in [1.165, 1.54) is 12.1 Å². The molecule has 0 bridgehead atoms. The van der Waals surface area contributed by atoms with Crippen LogP contribution in [0.5, 0.6) is 5.75 Å². The molecule has 0 radical (unpaired) electrons. The second kappa shape index (κ2) is 6.38. The van der Waals surface area contributed by atoms with Crippen LogP contribution in [0.25, 0.3) is 0 Å². The van der Waals surface area contributed by atoms with E-state index in [4.69, 9.17) is 4.74 Å². The molecule has 3 heteroatoms. The maximum atomic E-state index is 13.5. The highest BCUT2D eigenvalue weighted by Gasteiger charge is 2.12. The van der Waals surface area contributed by atoms with Crippen LogP contribution in [0.1, 0.15) is 44.0 Å². The molecule has 0 N–H and O–H groups in total. The van der Waals surface area contributed by atoms with Crippen LogP contribution in [0.15, 0.2) is 18.2 Å². The maximum Gasteiger partial charge on any atom is 0.165 e. The van der Waals surface area contributed by atoms with Crippen LogP contribution in [-0.2, 0) is 0 Å². The van der Waals surface area contributed by atoms with Gasteiger partial charge in [0.1, 0.15) is 11.6 Å². The van der Waals surface area contributed by atoms with Crippen LogP contribution in [-0.4, -0.2) is 12.4 Å². The minimum Gasteiger partial charge on any atom is -0.493 e. The monoisotopic (exact) mass is 238 g/mol. The maximum absolute atomic E-state index is 13.5. The van der Waals surface area contributed by atoms with E-state index in [0.29, 0.717) is 24.7 Å². The third-order valence-corrected chi connectivity index (χ3v) is 2.30. The Morgan fingerprint density at radius 1 is 1.41 bits per heavy atom. The predicted octanol–water partition coefficient (Wildman–Crippen LogP) is 3.84. The van der Waals surface area contributed by atoms with Gasteiger partial charge in [-0.3, -0.25) is 4.79 Å². The fourth-order valence-corrected chi connectivity index (χ4v) is 1.43. The Kier molecular flexibility index (Phi) is 5.13. The standard InChI is InChI=1S/C14H19FO2/c1-4-5-14(16)12-8-11(6-7-13(12)15)17-9-10(2)3/h6-8,10H,4-5,9H2,1-3H3. The second-order valence-electron chi connectivity index (χ2n) is 4.52. The molecule has 1 aromatic rings. The predicted molar refractivity (Wildman–Crippen MR) is 66.0 cm³/mol. The number of benzene rings is 1.